The normalized spacial score (nSPS) is 14.8. The summed E-state index contributed by atoms with van der Waals surface area (Å²) in [5, 5.41) is 12.6. The number of phenols is 1. The fourth-order valence-corrected chi connectivity index (χ4v) is 4.35. The molecule has 0 bridgehead atoms. The number of phenolic OH excluding ortho intramolecular Hbond substituents is 1. The SMILES string of the molecule is COc1ccc(-c2nc(CN3CCN(c4ccc(O)cc4)CC3)cs2)cc1OC. The number of aromatic hydroxyl groups is 1. The van der Waals surface area contributed by atoms with Crippen LogP contribution in [0.4, 0.5) is 5.69 Å². The molecule has 0 radical (unpaired) electrons. The quantitative estimate of drug-likeness (QED) is 0.665. The molecule has 0 spiro atoms. The van der Waals surface area contributed by atoms with Crippen LogP contribution in [0.15, 0.2) is 47.8 Å². The van der Waals surface area contributed by atoms with Crippen molar-refractivity contribution in [1.29, 1.82) is 0 Å². The van der Waals surface area contributed by atoms with Crippen LogP contribution in [0.1, 0.15) is 5.69 Å². The van der Waals surface area contributed by atoms with Crippen LogP contribution < -0.4 is 14.4 Å². The van der Waals surface area contributed by atoms with E-state index in [2.05, 4.69) is 15.2 Å². The van der Waals surface area contributed by atoms with Crippen LogP contribution in [-0.4, -0.2) is 55.4 Å². The van der Waals surface area contributed by atoms with Crippen molar-refractivity contribution < 1.29 is 14.6 Å². The summed E-state index contributed by atoms with van der Waals surface area (Å²) in [5.74, 6) is 1.74. The van der Waals surface area contributed by atoms with Gasteiger partial charge in [0.05, 0.1) is 19.9 Å². The zero-order valence-corrected chi connectivity index (χ0v) is 17.5. The standard InChI is InChI=1S/C22H25N3O3S/c1-27-20-8-3-16(13-21(20)28-2)22-23-17(15-29-22)14-24-9-11-25(12-10-24)18-4-6-19(26)7-5-18/h3-8,13,15,26H,9-12,14H2,1-2H3. The molecule has 1 fully saturated rings. The van der Waals surface area contributed by atoms with Crippen molar-refractivity contribution in [3.05, 3.63) is 53.5 Å². The lowest BCUT2D eigenvalue weighted by Gasteiger charge is -2.35. The number of ether oxygens (including phenoxy) is 2. The van der Waals surface area contributed by atoms with E-state index in [0.717, 1.165) is 60.4 Å². The third-order valence-corrected chi connectivity index (χ3v) is 6.10. The van der Waals surface area contributed by atoms with Crippen molar-refractivity contribution in [2.24, 2.45) is 0 Å². The van der Waals surface area contributed by atoms with Gasteiger partial charge in [0.25, 0.3) is 0 Å². The highest BCUT2D eigenvalue weighted by molar-refractivity contribution is 7.13. The number of benzene rings is 2. The monoisotopic (exact) mass is 411 g/mol. The lowest BCUT2D eigenvalue weighted by atomic mass is 10.2. The van der Waals surface area contributed by atoms with Gasteiger partial charge in [-0.3, -0.25) is 4.90 Å². The molecule has 152 valence electrons. The second-order valence-corrected chi connectivity index (χ2v) is 7.85. The molecule has 2 aromatic carbocycles. The number of methoxy groups -OCH3 is 2. The molecule has 1 aliphatic heterocycles. The van der Waals surface area contributed by atoms with Gasteiger partial charge >= 0.3 is 0 Å². The number of hydrogen-bond donors (Lipinski definition) is 1. The van der Waals surface area contributed by atoms with E-state index in [4.69, 9.17) is 14.5 Å². The Balaban J connectivity index is 1.37. The molecular formula is C22H25N3O3S. The summed E-state index contributed by atoms with van der Waals surface area (Å²) in [7, 11) is 3.28. The maximum Gasteiger partial charge on any atom is 0.161 e. The van der Waals surface area contributed by atoms with Crippen LogP contribution in [0.3, 0.4) is 0 Å². The maximum absolute atomic E-state index is 9.46. The van der Waals surface area contributed by atoms with Crippen molar-refractivity contribution in [1.82, 2.24) is 9.88 Å². The molecule has 0 saturated carbocycles. The Morgan fingerprint density at radius 2 is 1.69 bits per heavy atom. The second-order valence-electron chi connectivity index (χ2n) is 6.99. The van der Waals surface area contributed by atoms with Gasteiger partial charge in [-0.25, -0.2) is 4.98 Å². The molecule has 0 aliphatic carbocycles. The number of piperazine rings is 1. The zero-order chi connectivity index (χ0) is 20.2. The predicted octanol–water partition coefficient (Wildman–Crippen LogP) is 3.86. The van der Waals surface area contributed by atoms with Crippen LogP contribution in [0, 0.1) is 0 Å². The van der Waals surface area contributed by atoms with Gasteiger partial charge in [-0.1, -0.05) is 0 Å². The number of thiazole rings is 1. The van der Waals surface area contributed by atoms with Gasteiger partial charge in [0, 0.05) is 49.4 Å². The third kappa shape index (κ3) is 4.46. The number of aromatic nitrogens is 1. The predicted molar refractivity (Wildman–Crippen MR) is 116 cm³/mol. The first kappa shape index (κ1) is 19.5. The van der Waals surface area contributed by atoms with Gasteiger partial charge in [0.1, 0.15) is 10.8 Å². The van der Waals surface area contributed by atoms with E-state index in [1.165, 1.54) is 0 Å². The second kappa shape index (κ2) is 8.71. The summed E-state index contributed by atoms with van der Waals surface area (Å²) >= 11 is 1.65. The van der Waals surface area contributed by atoms with Crippen molar-refractivity contribution >= 4 is 17.0 Å². The Bertz CT molecular complexity index is 950. The van der Waals surface area contributed by atoms with E-state index in [1.807, 2.05) is 30.3 Å². The number of anilines is 1. The maximum atomic E-state index is 9.46. The first-order chi connectivity index (χ1) is 14.2. The fraction of sp³-hybridized carbons (Fsp3) is 0.318. The zero-order valence-electron chi connectivity index (χ0n) is 16.7. The summed E-state index contributed by atoms with van der Waals surface area (Å²) in [4.78, 5) is 9.62. The van der Waals surface area contributed by atoms with Crippen LogP contribution in [-0.2, 0) is 6.54 Å². The smallest absolute Gasteiger partial charge is 0.161 e. The van der Waals surface area contributed by atoms with Crippen LogP contribution >= 0.6 is 11.3 Å². The molecule has 29 heavy (non-hydrogen) atoms. The largest absolute Gasteiger partial charge is 0.508 e. The average Bonchev–Trinajstić information content (AvgIpc) is 3.23. The van der Waals surface area contributed by atoms with Crippen LogP contribution in [0.2, 0.25) is 0 Å². The molecule has 6 nitrogen and oxygen atoms in total. The van der Waals surface area contributed by atoms with Gasteiger partial charge in [0.15, 0.2) is 11.5 Å². The molecule has 0 unspecified atom stereocenters. The Morgan fingerprint density at radius 1 is 0.966 bits per heavy atom. The minimum Gasteiger partial charge on any atom is -0.508 e. The highest BCUT2D eigenvalue weighted by Crippen LogP contribution is 2.33. The minimum atomic E-state index is 0.307. The van der Waals surface area contributed by atoms with Crippen molar-refractivity contribution in [2.45, 2.75) is 6.54 Å². The summed E-state index contributed by atoms with van der Waals surface area (Å²) in [6, 6.07) is 13.3. The van der Waals surface area contributed by atoms with E-state index in [0.29, 0.717) is 11.5 Å². The number of rotatable bonds is 6. The van der Waals surface area contributed by atoms with Gasteiger partial charge in [-0.05, 0) is 42.5 Å². The molecule has 0 atom stereocenters. The first-order valence-corrected chi connectivity index (χ1v) is 10.5. The lowest BCUT2D eigenvalue weighted by Crippen LogP contribution is -2.46. The van der Waals surface area contributed by atoms with Gasteiger partial charge in [-0.2, -0.15) is 0 Å². The fourth-order valence-electron chi connectivity index (χ4n) is 3.54. The van der Waals surface area contributed by atoms with Crippen molar-refractivity contribution in [3.63, 3.8) is 0 Å². The van der Waals surface area contributed by atoms with E-state index in [-0.39, 0.29) is 0 Å². The van der Waals surface area contributed by atoms with Crippen LogP contribution in [0.5, 0.6) is 17.2 Å². The Hall–Kier alpha value is -2.77. The number of hydrogen-bond acceptors (Lipinski definition) is 7. The molecule has 2 heterocycles. The lowest BCUT2D eigenvalue weighted by molar-refractivity contribution is 0.247. The molecule has 1 saturated heterocycles. The molecule has 1 aliphatic rings. The van der Waals surface area contributed by atoms with E-state index in [9.17, 15) is 5.11 Å². The molecule has 4 rings (SSSR count). The summed E-state index contributed by atoms with van der Waals surface area (Å²) in [6.07, 6.45) is 0. The van der Waals surface area contributed by atoms with Gasteiger partial charge in [0.2, 0.25) is 0 Å². The van der Waals surface area contributed by atoms with Crippen LogP contribution in [0.25, 0.3) is 10.6 Å². The van der Waals surface area contributed by atoms with E-state index in [1.54, 1.807) is 37.7 Å². The Labute approximate surface area is 174 Å². The summed E-state index contributed by atoms with van der Waals surface area (Å²) < 4.78 is 10.7. The topological polar surface area (TPSA) is 58.1 Å². The summed E-state index contributed by atoms with van der Waals surface area (Å²) in [5.41, 5.74) is 3.29. The van der Waals surface area contributed by atoms with Gasteiger partial charge in [-0.15, -0.1) is 11.3 Å². The summed E-state index contributed by atoms with van der Waals surface area (Å²) in [6.45, 7) is 4.77. The Kier molecular flexibility index (Phi) is 5.87. The molecule has 1 N–H and O–H groups in total. The third-order valence-electron chi connectivity index (χ3n) is 5.15. The minimum absolute atomic E-state index is 0.307. The first-order valence-electron chi connectivity index (χ1n) is 9.59. The van der Waals surface area contributed by atoms with E-state index < -0.39 is 0 Å². The van der Waals surface area contributed by atoms with E-state index >= 15 is 0 Å². The molecular weight excluding hydrogens is 386 g/mol. The highest BCUT2D eigenvalue weighted by atomic mass is 32.1. The number of nitrogens with zero attached hydrogens (tertiary/aromatic N) is 3. The molecule has 1 aromatic heterocycles. The van der Waals surface area contributed by atoms with Crippen molar-refractivity contribution in [3.8, 4) is 27.8 Å². The Morgan fingerprint density at radius 3 is 2.38 bits per heavy atom. The highest BCUT2D eigenvalue weighted by Gasteiger charge is 2.18. The molecule has 7 heteroatoms. The molecule has 3 aromatic rings. The average molecular weight is 412 g/mol. The molecule has 0 amide bonds. The van der Waals surface area contributed by atoms with Crippen molar-refractivity contribution in [2.75, 3.05) is 45.3 Å². The van der Waals surface area contributed by atoms with Gasteiger partial charge < -0.3 is 19.5 Å².